The van der Waals surface area contributed by atoms with Crippen LogP contribution < -0.4 is 4.90 Å². The summed E-state index contributed by atoms with van der Waals surface area (Å²) >= 11 is 0. The lowest BCUT2D eigenvalue weighted by atomic mass is 9.71. The summed E-state index contributed by atoms with van der Waals surface area (Å²) in [5.41, 5.74) is 0.876. The van der Waals surface area contributed by atoms with Gasteiger partial charge in [0, 0.05) is 31.9 Å². The number of aryl methyl sites for hydroxylation is 1. The van der Waals surface area contributed by atoms with Crippen LogP contribution in [0.3, 0.4) is 0 Å². The van der Waals surface area contributed by atoms with Gasteiger partial charge in [-0.05, 0) is 68.2 Å². The van der Waals surface area contributed by atoms with Crippen LogP contribution in [0.15, 0.2) is 41.1 Å². The number of carboxylic acids is 1. The molecule has 1 saturated carbocycles. The summed E-state index contributed by atoms with van der Waals surface area (Å²) in [6, 6.07) is 7.29. The maximum atomic E-state index is 13.3. The summed E-state index contributed by atoms with van der Waals surface area (Å²) in [7, 11) is 0. The van der Waals surface area contributed by atoms with E-state index in [1.165, 1.54) is 6.26 Å². The molecule has 2 aromatic heterocycles. The molecule has 1 radical (unpaired) electrons. The van der Waals surface area contributed by atoms with Crippen LogP contribution in [0, 0.1) is 18.8 Å². The highest BCUT2D eigenvalue weighted by Gasteiger charge is 2.38. The van der Waals surface area contributed by atoms with Gasteiger partial charge in [-0.2, -0.15) is 0 Å². The fraction of sp³-hybridized carbons (Fsp3) is 0.520. The monoisotopic (exact) mass is 438 g/mol. The first-order valence-corrected chi connectivity index (χ1v) is 11.5. The lowest BCUT2D eigenvalue weighted by Gasteiger charge is -2.44. The number of carbonyl (C=O) groups is 2. The Morgan fingerprint density at radius 1 is 1.28 bits per heavy atom. The molecule has 1 N–H and O–H groups in total. The quantitative estimate of drug-likeness (QED) is 0.692. The van der Waals surface area contributed by atoms with E-state index in [1.807, 2.05) is 19.1 Å². The van der Waals surface area contributed by atoms with Crippen LogP contribution in [0.25, 0.3) is 0 Å². The number of hydrogen-bond acceptors (Lipinski definition) is 5. The number of hydrogen-bond donors (Lipinski definition) is 1. The van der Waals surface area contributed by atoms with Crippen LogP contribution in [0.1, 0.15) is 61.1 Å². The van der Waals surface area contributed by atoms with E-state index in [1.54, 1.807) is 23.2 Å². The number of likely N-dealkylation sites (tertiary alicyclic amines) is 1. The van der Waals surface area contributed by atoms with Crippen molar-refractivity contribution >= 4 is 17.7 Å². The Hall–Kier alpha value is -2.67. The molecular weight excluding hydrogens is 406 g/mol. The number of piperidine rings is 1. The van der Waals surface area contributed by atoms with Crippen LogP contribution in [-0.4, -0.2) is 52.5 Å². The summed E-state index contributed by atoms with van der Waals surface area (Å²) in [6.07, 6.45) is 11.4. The molecule has 1 atom stereocenters. The van der Waals surface area contributed by atoms with Crippen molar-refractivity contribution in [2.75, 3.05) is 24.5 Å². The molecule has 0 aromatic carbocycles. The third-order valence-corrected chi connectivity index (χ3v) is 6.79. The summed E-state index contributed by atoms with van der Waals surface area (Å²) in [5.74, 6) is 0.0671. The normalized spacial score (nSPS) is 19.5. The fourth-order valence-electron chi connectivity index (χ4n) is 5.20. The van der Waals surface area contributed by atoms with Gasteiger partial charge in [0.1, 0.15) is 5.82 Å². The zero-order valence-electron chi connectivity index (χ0n) is 18.7. The highest BCUT2D eigenvalue weighted by Crippen LogP contribution is 2.40. The second-order valence-corrected chi connectivity index (χ2v) is 9.31. The Morgan fingerprint density at radius 3 is 2.69 bits per heavy atom. The largest absolute Gasteiger partial charge is 0.481 e. The van der Waals surface area contributed by atoms with E-state index < -0.39 is 5.97 Å². The predicted octanol–water partition coefficient (Wildman–Crippen LogP) is 4.33. The van der Waals surface area contributed by atoms with Crippen LogP contribution in [0.4, 0.5) is 5.82 Å². The molecule has 0 bridgehead atoms. The molecule has 2 fully saturated rings. The summed E-state index contributed by atoms with van der Waals surface area (Å²) in [4.78, 5) is 33.5. The number of nitrogens with zero attached hydrogens (tertiary/aromatic N) is 3. The SMILES string of the molecule is Cc1ccc(N(C(=O)c2ccco2)C2CCN(CC3(CC(=O)O)C[CH]CCC3)CC2)nc1. The smallest absolute Gasteiger partial charge is 0.303 e. The Balaban J connectivity index is 1.46. The van der Waals surface area contributed by atoms with Gasteiger partial charge in [-0.1, -0.05) is 18.9 Å². The van der Waals surface area contributed by atoms with E-state index in [9.17, 15) is 14.7 Å². The molecule has 3 heterocycles. The first-order valence-electron chi connectivity index (χ1n) is 11.5. The Labute approximate surface area is 189 Å². The number of amides is 1. The molecule has 7 heteroatoms. The van der Waals surface area contributed by atoms with Crippen molar-refractivity contribution in [1.29, 1.82) is 0 Å². The van der Waals surface area contributed by atoms with Gasteiger partial charge in [0.25, 0.3) is 5.91 Å². The molecule has 32 heavy (non-hydrogen) atoms. The Morgan fingerprint density at radius 2 is 2.09 bits per heavy atom. The highest BCUT2D eigenvalue weighted by molar-refractivity contribution is 6.04. The van der Waals surface area contributed by atoms with Gasteiger partial charge in [-0.3, -0.25) is 14.5 Å². The van der Waals surface area contributed by atoms with Gasteiger partial charge in [-0.15, -0.1) is 0 Å². The molecule has 171 valence electrons. The maximum Gasteiger partial charge on any atom is 0.303 e. The molecule has 2 aliphatic rings. The van der Waals surface area contributed by atoms with Crippen molar-refractivity contribution in [3.05, 3.63) is 54.5 Å². The van der Waals surface area contributed by atoms with Crippen LogP contribution in [-0.2, 0) is 4.79 Å². The minimum atomic E-state index is -0.712. The summed E-state index contributed by atoms with van der Waals surface area (Å²) in [6.45, 7) is 4.45. The van der Waals surface area contributed by atoms with Crippen molar-refractivity contribution in [3.8, 4) is 0 Å². The maximum absolute atomic E-state index is 13.3. The van der Waals surface area contributed by atoms with E-state index in [0.717, 1.165) is 63.7 Å². The van der Waals surface area contributed by atoms with Gasteiger partial charge in [0.15, 0.2) is 5.76 Å². The molecule has 7 nitrogen and oxygen atoms in total. The molecule has 1 aliphatic carbocycles. The highest BCUT2D eigenvalue weighted by atomic mass is 16.4. The lowest BCUT2D eigenvalue weighted by Crippen LogP contribution is -2.50. The fourth-order valence-corrected chi connectivity index (χ4v) is 5.20. The number of aromatic nitrogens is 1. The van der Waals surface area contributed by atoms with Gasteiger partial charge in [0.2, 0.25) is 0 Å². The number of rotatable bonds is 7. The van der Waals surface area contributed by atoms with E-state index in [2.05, 4.69) is 16.3 Å². The third kappa shape index (κ3) is 5.21. The number of carbonyl (C=O) groups excluding carboxylic acids is 1. The lowest BCUT2D eigenvalue weighted by molar-refractivity contribution is -0.140. The predicted molar refractivity (Wildman–Crippen MR) is 121 cm³/mol. The number of furan rings is 1. The first kappa shape index (κ1) is 22.5. The molecule has 1 amide bonds. The van der Waals surface area contributed by atoms with E-state index >= 15 is 0 Å². The van der Waals surface area contributed by atoms with E-state index in [4.69, 9.17) is 4.42 Å². The zero-order chi connectivity index (χ0) is 22.6. The average Bonchev–Trinajstić information content (AvgIpc) is 3.31. The first-order chi connectivity index (χ1) is 15.5. The van der Waals surface area contributed by atoms with Gasteiger partial charge < -0.3 is 14.4 Å². The molecule has 4 rings (SSSR count). The average molecular weight is 439 g/mol. The van der Waals surface area contributed by atoms with Crippen LogP contribution in [0.5, 0.6) is 0 Å². The van der Waals surface area contributed by atoms with Crippen molar-refractivity contribution in [1.82, 2.24) is 9.88 Å². The van der Waals surface area contributed by atoms with E-state index in [-0.39, 0.29) is 23.8 Å². The second-order valence-electron chi connectivity index (χ2n) is 9.31. The van der Waals surface area contributed by atoms with E-state index in [0.29, 0.717) is 11.6 Å². The molecular formula is C25H32N3O4. The third-order valence-electron chi connectivity index (χ3n) is 6.79. The van der Waals surface area contributed by atoms with Crippen molar-refractivity contribution in [2.45, 2.75) is 57.9 Å². The van der Waals surface area contributed by atoms with Gasteiger partial charge in [-0.25, -0.2) is 4.98 Å². The second kappa shape index (κ2) is 9.86. The molecule has 2 aromatic rings. The molecule has 1 saturated heterocycles. The standard InChI is InChI=1S/C25H32N3O4/c1-19-7-8-22(26-17-19)28(24(31)21-6-5-15-32-21)20-9-13-27(14-10-20)18-25(16-23(29)30)11-3-2-4-12-25/h3,5-8,15,17,20H,2,4,9-14,16,18H2,1H3,(H,29,30). The Bertz CT molecular complexity index is 896. The molecule has 1 aliphatic heterocycles. The number of carboxylic acid groups (broad SMARTS) is 1. The molecule has 1 unspecified atom stereocenters. The number of aliphatic carboxylic acids is 1. The topological polar surface area (TPSA) is 86.9 Å². The van der Waals surface area contributed by atoms with Crippen LogP contribution >= 0.6 is 0 Å². The summed E-state index contributed by atoms with van der Waals surface area (Å²) in [5, 5.41) is 9.48. The van der Waals surface area contributed by atoms with Crippen LogP contribution in [0.2, 0.25) is 0 Å². The van der Waals surface area contributed by atoms with Gasteiger partial charge >= 0.3 is 5.97 Å². The Kier molecular flexibility index (Phi) is 6.94. The zero-order valence-corrected chi connectivity index (χ0v) is 18.7. The molecule has 0 spiro atoms. The minimum Gasteiger partial charge on any atom is -0.481 e. The van der Waals surface area contributed by atoms with Crippen molar-refractivity contribution < 1.29 is 19.1 Å². The number of anilines is 1. The summed E-state index contributed by atoms with van der Waals surface area (Å²) < 4.78 is 5.40. The van der Waals surface area contributed by atoms with Gasteiger partial charge in [0.05, 0.1) is 12.7 Å². The van der Waals surface area contributed by atoms with Crippen molar-refractivity contribution in [2.24, 2.45) is 5.41 Å². The minimum absolute atomic E-state index is 0.0207. The number of pyridine rings is 1. The van der Waals surface area contributed by atoms with Crippen molar-refractivity contribution in [3.63, 3.8) is 0 Å².